The molecule has 0 fully saturated rings. The van der Waals surface area contributed by atoms with Crippen LogP contribution in [0.4, 0.5) is 18.0 Å². The number of hydrogen-bond acceptors (Lipinski definition) is 2. The maximum atomic E-state index is 12.7. The summed E-state index contributed by atoms with van der Waals surface area (Å²) in [5.41, 5.74) is -0.179. The highest BCUT2D eigenvalue weighted by Gasteiger charge is 2.30. The Bertz CT molecular complexity index is 806. The minimum absolute atomic E-state index is 0.358. The molecule has 0 spiro atoms. The van der Waals surface area contributed by atoms with Crippen LogP contribution < -0.4 is 4.80 Å². The Morgan fingerprint density at radius 2 is 1.88 bits per heavy atom. The molecule has 0 saturated heterocycles. The summed E-state index contributed by atoms with van der Waals surface area (Å²) in [4.78, 5) is 19.3. The maximum Gasteiger partial charge on any atom is 0.416 e. The Morgan fingerprint density at radius 3 is 2.46 bits per heavy atom. The van der Waals surface area contributed by atoms with Crippen LogP contribution in [-0.4, -0.2) is 29.1 Å². The van der Waals surface area contributed by atoms with E-state index >= 15 is 0 Å². The van der Waals surface area contributed by atoms with Crippen molar-refractivity contribution >= 4 is 17.4 Å². The quantitative estimate of drug-likeness (QED) is 0.667. The van der Waals surface area contributed by atoms with Crippen LogP contribution in [0.15, 0.2) is 35.5 Å². The van der Waals surface area contributed by atoms with Gasteiger partial charge in [0, 0.05) is 30.4 Å². The number of unbranched alkanes of at least 4 members (excludes halogenated alkanes) is 2. The van der Waals surface area contributed by atoms with E-state index in [0.717, 1.165) is 36.3 Å². The first kappa shape index (κ1) is 20.2. The molecule has 1 heterocycles. The van der Waals surface area contributed by atoms with Gasteiger partial charge < -0.3 is 4.90 Å². The molecular formula is C18H22F3N3OS. The fraction of sp³-hybridized carbons (Fsp3) is 0.444. The van der Waals surface area contributed by atoms with Crippen molar-refractivity contribution in [2.75, 3.05) is 13.6 Å². The van der Waals surface area contributed by atoms with E-state index in [1.54, 1.807) is 22.7 Å². The van der Waals surface area contributed by atoms with Crippen molar-refractivity contribution in [1.29, 1.82) is 0 Å². The van der Waals surface area contributed by atoms with Crippen molar-refractivity contribution in [3.63, 3.8) is 0 Å². The molecule has 8 heteroatoms. The Balaban J connectivity index is 2.28. The second-order valence-electron chi connectivity index (χ2n) is 6.06. The van der Waals surface area contributed by atoms with E-state index in [1.807, 2.05) is 6.92 Å². The molecule has 26 heavy (non-hydrogen) atoms. The van der Waals surface area contributed by atoms with E-state index in [0.29, 0.717) is 17.0 Å². The largest absolute Gasteiger partial charge is 0.416 e. The number of benzene rings is 1. The zero-order chi connectivity index (χ0) is 19.3. The fourth-order valence-electron chi connectivity index (χ4n) is 2.39. The lowest BCUT2D eigenvalue weighted by Crippen LogP contribution is -2.27. The van der Waals surface area contributed by atoms with Gasteiger partial charge in [0.15, 0.2) is 4.80 Å². The molecule has 0 atom stereocenters. The zero-order valence-electron chi connectivity index (χ0n) is 15.0. The van der Waals surface area contributed by atoms with Gasteiger partial charge in [0.2, 0.25) is 0 Å². The Labute approximate surface area is 154 Å². The topological polar surface area (TPSA) is 37.6 Å². The van der Waals surface area contributed by atoms with E-state index in [2.05, 4.69) is 11.9 Å². The van der Waals surface area contributed by atoms with E-state index < -0.39 is 11.7 Å². The Hall–Kier alpha value is -2.09. The standard InChI is InChI=1S/C18H22F3N3OS/c1-4-5-6-11-23(3)16(25)22-17-24(12-13(2)26-17)15-9-7-14(8-10-15)18(19,20)21/h7-10,12H,4-6,11H2,1-3H3. The monoisotopic (exact) mass is 385 g/mol. The molecule has 0 aliphatic carbocycles. The minimum Gasteiger partial charge on any atom is -0.326 e. The van der Waals surface area contributed by atoms with Crippen LogP contribution in [0.25, 0.3) is 5.69 Å². The van der Waals surface area contributed by atoms with Gasteiger partial charge in [0.25, 0.3) is 0 Å². The van der Waals surface area contributed by atoms with Gasteiger partial charge in [-0.05, 0) is 37.6 Å². The number of halogens is 3. The number of amides is 2. The van der Waals surface area contributed by atoms with Crippen LogP contribution in [0, 0.1) is 6.92 Å². The molecule has 0 radical (unpaired) electrons. The van der Waals surface area contributed by atoms with Crippen molar-refractivity contribution < 1.29 is 18.0 Å². The van der Waals surface area contributed by atoms with Gasteiger partial charge in [-0.1, -0.05) is 19.8 Å². The number of thiazole rings is 1. The molecule has 2 amide bonds. The van der Waals surface area contributed by atoms with Crippen LogP contribution in [0.3, 0.4) is 0 Å². The predicted octanol–water partition coefficient (Wildman–Crippen LogP) is 5.01. The molecule has 1 aromatic heterocycles. The summed E-state index contributed by atoms with van der Waals surface area (Å²) in [6.45, 7) is 4.58. The molecule has 2 aromatic rings. The number of rotatable bonds is 5. The third-order valence-corrected chi connectivity index (χ3v) is 4.75. The molecule has 0 aliphatic heterocycles. The molecule has 142 valence electrons. The van der Waals surface area contributed by atoms with Crippen LogP contribution >= 0.6 is 11.3 Å². The van der Waals surface area contributed by atoms with E-state index in [1.165, 1.54) is 23.5 Å². The minimum atomic E-state index is -4.38. The van der Waals surface area contributed by atoms with Crippen molar-refractivity contribution in [3.05, 3.63) is 45.7 Å². The lowest BCUT2D eigenvalue weighted by molar-refractivity contribution is -0.137. The summed E-state index contributed by atoms with van der Waals surface area (Å²) < 4.78 is 39.8. The number of hydrogen-bond donors (Lipinski definition) is 0. The maximum absolute atomic E-state index is 12.7. The van der Waals surface area contributed by atoms with Crippen molar-refractivity contribution in [2.45, 2.75) is 39.3 Å². The Kier molecular flexibility index (Phi) is 6.63. The highest BCUT2D eigenvalue weighted by molar-refractivity contribution is 7.09. The van der Waals surface area contributed by atoms with Gasteiger partial charge in [-0.15, -0.1) is 11.3 Å². The van der Waals surface area contributed by atoms with Crippen LogP contribution in [0.2, 0.25) is 0 Å². The molecule has 0 saturated carbocycles. The second kappa shape index (κ2) is 8.53. The van der Waals surface area contributed by atoms with Gasteiger partial charge in [-0.25, -0.2) is 4.79 Å². The average molecular weight is 385 g/mol. The van der Waals surface area contributed by atoms with E-state index in [-0.39, 0.29) is 6.03 Å². The number of carbonyl (C=O) groups excluding carboxylic acids is 1. The second-order valence-corrected chi connectivity index (χ2v) is 7.28. The van der Waals surface area contributed by atoms with Crippen molar-refractivity contribution in [1.82, 2.24) is 9.47 Å². The number of aryl methyl sites for hydroxylation is 1. The summed E-state index contributed by atoms with van der Waals surface area (Å²) in [6, 6.07) is 4.45. The lowest BCUT2D eigenvalue weighted by Gasteiger charge is -2.13. The van der Waals surface area contributed by atoms with Crippen LogP contribution in [0.5, 0.6) is 0 Å². The summed E-state index contributed by atoms with van der Waals surface area (Å²) in [7, 11) is 1.70. The Morgan fingerprint density at radius 1 is 1.23 bits per heavy atom. The highest BCUT2D eigenvalue weighted by atomic mass is 32.1. The molecule has 2 rings (SSSR count). The number of nitrogens with zero attached hydrogens (tertiary/aromatic N) is 3. The number of urea groups is 1. The number of carbonyl (C=O) groups is 1. The molecule has 0 unspecified atom stereocenters. The normalized spacial score (nSPS) is 12.5. The predicted molar refractivity (Wildman–Crippen MR) is 96.5 cm³/mol. The molecule has 0 aliphatic rings. The third kappa shape index (κ3) is 5.20. The zero-order valence-corrected chi connectivity index (χ0v) is 15.8. The van der Waals surface area contributed by atoms with Crippen molar-refractivity contribution in [2.24, 2.45) is 4.99 Å². The molecule has 0 bridgehead atoms. The number of aromatic nitrogens is 1. The summed E-state index contributed by atoms with van der Waals surface area (Å²) in [5.74, 6) is 0. The first-order chi connectivity index (χ1) is 12.2. The third-order valence-electron chi connectivity index (χ3n) is 3.86. The molecule has 4 nitrogen and oxygen atoms in total. The summed E-state index contributed by atoms with van der Waals surface area (Å²) in [6.07, 6.45) is 0.406. The van der Waals surface area contributed by atoms with Gasteiger partial charge >= 0.3 is 12.2 Å². The van der Waals surface area contributed by atoms with Crippen LogP contribution in [-0.2, 0) is 6.18 Å². The van der Waals surface area contributed by atoms with Gasteiger partial charge in [-0.3, -0.25) is 4.57 Å². The fourth-order valence-corrected chi connectivity index (χ4v) is 3.22. The summed E-state index contributed by atoms with van der Waals surface area (Å²) in [5, 5.41) is 0. The van der Waals surface area contributed by atoms with Crippen LogP contribution in [0.1, 0.15) is 36.6 Å². The molecular weight excluding hydrogens is 363 g/mol. The average Bonchev–Trinajstić information content (AvgIpc) is 2.94. The lowest BCUT2D eigenvalue weighted by atomic mass is 10.2. The first-order valence-corrected chi connectivity index (χ1v) is 9.20. The van der Waals surface area contributed by atoms with E-state index in [9.17, 15) is 18.0 Å². The van der Waals surface area contributed by atoms with Gasteiger partial charge in [-0.2, -0.15) is 18.2 Å². The smallest absolute Gasteiger partial charge is 0.326 e. The highest BCUT2D eigenvalue weighted by Crippen LogP contribution is 2.29. The first-order valence-electron chi connectivity index (χ1n) is 8.39. The molecule has 1 aromatic carbocycles. The van der Waals surface area contributed by atoms with E-state index in [4.69, 9.17) is 0 Å². The van der Waals surface area contributed by atoms with Gasteiger partial charge in [0.05, 0.1) is 5.56 Å². The SMILES string of the molecule is CCCCCN(C)C(=O)N=c1sc(C)cn1-c1ccc(C(F)(F)F)cc1. The molecule has 0 N–H and O–H groups in total. The summed E-state index contributed by atoms with van der Waals surface area (Å²) >= 11 is 1.32. The van der Waals surface area contributed by atoms with Crippen molar-refractivity contribution in [3.8, 4) is 5.69 Å². The van der Waals surface area contributed by atoms with Gasteiger partial charge in [0.1, 0.15) is 0 Å². The number of alkyl halides is 3.